The van der Waals surface area contributed by atoms with Crippen LogP contribution in [0.5, 0.6) is 0 Å². The molecule has 1 aromatic carbocycles. The summed E-state index contributed by atoms with van der Waals surface area (Å²) in [6.07, 6.45) is 3.64. The number of fused-ring (bicyclic) bond motifs is 2. The number of urea groups is 1. The Morgan fingerprint density at radius 2 is 2.36 bits per heavy atom. The molecule has 2 amide bonds. The molecule has 1 atom stereocenters. The Morgan fingerprint density at radius 3 is 3.24 bits per heavy atom. The maximum atomic E-state index is 12.5. The van der Waals surface area contributed by atoms with Crippen LogP contribution in [0.1, 0.15) is 30.5 Å². The minimum atomic E-state index is -0.247. The summed E-state index contributed by atoms with van der Waals surface area (Å²) in [5, 5.41) is 11.3. The first kappa shape index (κ1) is 15.6. The van der Waals surface area contributed by atoms with Crippen molar-refractivity contribution in [2.24, 2.45) is 0 Å². The molecule has 3 heterocycles. The predicted octanol–water partition coefficient (Wildman–Crippen LogP) is 2.56. The lowest BCUT2D eigenvalue weighted by molar-refractivity contribution is 0.177. The quantitative estimate of drug-likeness (QED) is 0.680. The second-order valence-corrected chi connectivity index (χ2v) is 6.08. The maximum absolute atomic E-state index is 12.5. The smallest absolute Gasteiger partial charge is 0.319 e. The van der Waals surface area contributed by atoms with E-state index in [2.05, 4.69) is 25.7 Å². The number of anilines is 1. The highest BCUT2D eigenvalue weighted by Crippen LogP contribution is 2.25. The van der Waals surface area contributed by atoms with Gasteiger partial charge < -0.3 is 20.4 Å². The highest BCUT2D eigenvalue weighted by molar-refractivity contribution is 6.00. The molecule has 0 saturated carbocycles. The Kier molecular flexibility index (Phi) is 4.10. The summed E-state index contributed by atoms with van der Waals surface area (Å²) in [5.41, 5.74) is 1.76. The summed E-state index contributed by atoms with van der Waals surface area (Å²) in [5.74, 6) is 1.43. The summed E-state index contributed by atoms with van der Waals surface area (Å²) < 4.78 is 6.95. The molecular formula is C17H20N6O2. The molecular weight excluding hydrogens is 320 g/mol. The SMILES string of the molecule is COCc1nc2n(n1)CCCC2NC(=O)Nc1cccc2[nH]ccc12. The number of aromatic nitrogens is 4. The van der Waals surface area contributed by atoms with Gasteiger partial charge in [0.05, 0.1) is 11.7 Å². The lowest BCUT2D eigenvalue weighted by Crippen LogP contribution is -2.36. The first-order valence-corrected chi connectivity index (χ1v) is 8.31. The third kappa shape index (κ3) is 3.08. The standard InChI is InChI=1S/C17H20N6O2/c1-25-10-15-21-16-14(6-3-9-23(16)22-15)20-17(24)19-13-5-2-4-12-11(13)7-8-18-12/h2,4-5,7-8,14,18H,3,6,9-10H2,1H3,(H2,19,20,24). The van der Waals surface area contributed by atoms with Crippen molar-refractivity contribution in [1.29, 1.82) is 0 Å². The van der Waals surface area contributed by atoms with Crippen LogP contribution in [0.15, 0.2) is 30.5 Å². The molecule has 1 unspecified atom stereocenters. The van der Waals surface area contributed by atoms with E-state index in [-0.39, 0.29) is 12.1 Å². The number of aryl methyl sites for hydroxylation is 1. The van der Waals surface area contributed by atoms with Gasteiger partial charge in [-0.1, -0.05) is 6.07 Å². The third-order valence-electron chi connectivity index (χ3n) is 4.34. The molecule has 1 aliphatic heterocycles. The molecule has 8 nitrogen and oxygen atoms in total. The number of H-pyrrole nitrogens is 1. The van der Waals surface area contributed by atoms with E-state index in [1.54, 1.807) is 7.11 Å². The van der Waals surface area contributed by atoms with E-state index >= 15 is 0 Å². The largest absolute Gasteiger partial charge is 0.377 e. The zero-order chi connectivity index (χ0) is 17.2. The number of methoxy groups -OCH3 is 1. The fourth-order valence-corrected chi connectivity index (χ4v) is 3.24. The molecule has 3 aromatic rings. The highest BCUT2D eigenvalue weighted by atomic mass is 16.5. The first-order valence-electron chi connectivity index (χ1n) is 8.31. The van der Waals surface area contributed by atoms with Gasteiger partial charge in [0.15, 0.2) is 5.82 Å². The van der Waals surface area contributed by atoms with E-state index < -0.39 is 0 Å². The van der Waals surface area contributed by atoms with Gasteiger partial charge in [-0.3, -0.25) is 0 Å². The van der Waals surface area contributed by atoms with Crippen LogP contribution in [0.4, 0.5) is 10.5 Å². The van der Waals surface area contributed by atoms with Crippen molar-refractivity contribution in [1.82, 2.24) is 25.1 Å². The van der Waals surface area contributed by atoms with Crippen LogP contribution in [0.2, 0.25) is 0 Å². The number of hydrogen-bond donors (Lipinski definition) is 3. The van der Waals surface area contributed by atoms with Crippen molar-refractivity contribution < 1.29 is 9.53 Å². The van der Waals surface area contributed by atoms with Crippen molar-refractivity contribution in [2.75, 3.05) is 12.4 Å². The van der Waals surface area contributed by atoms with Gasteiger partial charge in [0.1, 0.15) is 12.4 Å². The molecule has 8 heteroatoms. The molecule has 0 fully saturated rings. The molecule has 130 valence electrons. The van der Waals surface area contributed by atoms with Crippen LogP contribution >= 0.6 is 0 Å². The number of ether oxygens (including phenoxy) is 1. The normalized spacial score (nSPS) is 16.6. The van der Waals surface area contributed by atoms with Crippen molar-refractivity contribution in [2.45, 2.75) is 32.0 Å². The summed E-state index contributed by atoms with van der Waals surface area (Å²) in [7, 11) is 1.62. The first-order chi connectivity index (χ1) is 12.2. The van der Waals surface area contributed by atoms with Crippen LogP contribution in [-0.4, -0.2) is 32.9 Å². The predicted molar refractivity (Wildman–Crippen MR) is 93.2 cm³/mol. The van der Waals surface area contributed by atoms with Crippen LogP contribution in [0.3, 0.4) is 0 Å². The minimum Gasteiger partial charge on any atom is -0.377 e. The number of rotatable bonds is 4. The number of amides is 2. The van der Waals surface area contributed by atoms with Crippen molar-refractivity contribution in [3.8, 4) is 0 Å². The van der Waals surface area contributed by atoms with Gasteiger partial charge in [0.25, 0.3) is 0 Å². The van der Waals surface area contributed by atoms with Crippen LogP contribution < -0.4 is 10.6 Å². The fraction of sp³-hybridized carbons (Fsp3) is 0.353. The summed E-state index contributed by atoms with van der Waals surface area (Å²) in [4.78, 5) is 20.1. The molecule has 0 aliphatic carbocycles. The molecule has 0 saturated heterocycles. The lowest BCUT2D eigenvalue weighted by Gasteiger charge is -2.23. The molecule has 3 N–H and O–H groups in total. The lowest BCUT2D eigenvalue weighted by atomic mass is 10.1. The monoisotopic (exact) mass is 340 g/mol. The highest BCUT2D eigenvalue weighted by Gasteiger charge is 2.25. The number of aromatic amines is 1. The van der Waals surface area contributed by atoms with E-state index in [1.165, 1.54) is 0 Å². The summed E-state index contributed by atoms with van der Waals surface area (Å²) >= 11 is 0. The third-order valence-corrected chi connectivity index (χ3v) is 4.34. The number of carbonyl (C=O) groups is 1. The van der Waals surface area contributed by atoms with Crippen LogP contribution in [0, 0.1) is 0 Å². The Labute approximate surface area is 144 Å². The van der Waals surface area contributed by atoms with E-state index in [4.69, 9.17) is 4.74 Å². The van der Waals surface area contributed by atoms with E-state index in [0.29, 0.717) is 12.4 Å². The van der Waals surface area contributed by atoms with E-state index in [1.807, 2.05) is 35.1 Å². The van der Waals surface area contributed by atoms with Gasteiger partial charge in [-0.25, -0.2) is 14.5 Å². The number of benzene rings is 1. The molecule has 0 radical (unpaired) electrons. The van der Waals surface area contributed by atoms with Crippen molar-refractivity contribution in [3.05, 3.63) is 42.1 Å². The molecule has 4 rings (SSSR count). The van der Waals surface area contributed by atoms with Gasteiger partial charge in [0.2, 0.25) is 0 Å². The molecule has 2 aromatic heterocycles. The van der Waals surface area contributed by atoms with Crippen LogP contribution in [0.25, 0.3) is 10.9 Å². The van der Waals surface area contributed by atoms with Gasteiger partial charge in [-0.2, -0.15) is 5.10 Å². The average molecular weight is 340 g/mol. The maximum Gasteiger partial charge on any atom is 0.319 e. The number of nitrogens with zero attached hydrogens (tertiary/aromatic N) is 3. The number of nitrogens with one attached hydrogen (secondary N) is 3. The van der Waals surface area contributed by atoms with Gasteiger partial charge >= 0.3 is 6.03 Å². The van der Waals surface area contributed by atoms with Gasteiger partial charge in [-0.05, 0) is 31.0 Å². The molecule has 0 bridgehead atoms. The van der Waals surface area contributed by atoms with Gasteiger partial charge in [0, 0.05) is 30.8 Å². The Hall–Kier alpha value is -2.87. The molecule has 1 aliphatic rings. The summed E-state index contributed by atoms with van der Waals surface area (Å²) in [6.45, 7) is 1.18. The molecule has 25 heavy (non-hydrogen) atoms. The van der Waals surface area contributed by atoms with Crippen LogP contribution in [-0.2, 0) is 17.9 Å². The topological polar surface area (TPSA) is 96.9 Å². The second kappa shape index (κ2) is 6.56. The Bertz CT molecular complexity index is 900. The number of carbonyl (C=O) groups excluding carboxylic acids is 1. The minimum absolute atomic E-state index is 0.155. The van der Waals surface area contributed by atoms with Crippen molar-refractivity contribution >= 4 is 22.6 Å². The van der Waals surface area contributed by atoms with Gasteiger partial charge in [-0.15, -0.1) is 0 Å². The fourth-order valence-electron chi connectivity index (χ4n) is 3.24. The second-order valence-electron chi connectivity index (χ2n) is 6.08. The average Bonchev–Trinajstić information content (AvgIpc) is 3.22. The molecule has 0 spiro atoms. The van der Waals surface area contributed by atoms with Crippen molar-refractivity contribution in [3.63, 3.8) is 0 Å². The van der Waals surface area contributed by atoms with E-state index in [0.717, 1.165) is 41.8 Å². The summed E-state index contributed by atoms with van der Waals surface area (Å²) in [6, 6.07) is 7.30. The number of hydrogen-bond acceptors (Lipinski definition) is 4. The van der Waals surface area contributed by atoms with E-state index in [9.17, 15) is 4.79 Å². The Morgan fingerprint density at radius 1 is 1.44 bits per heavy atom. The zero-order valence-corrected chi connectivity index (χ0v) is 14.0. The zero-order valence-electron chi connectivity index (χ0n) is 14.0. The Balaban J connectivity index is 1.49.